The molecule has 0 saturated heterocycles. The zero-order valence-corrected chi connectivity index (χ0v) is 12.4. The van der Waals surface area contributed by atoms with Gasteiger partial charge in [-0.2, -0.15) is 0 Å². The number of methoxy groups -OCH3 is 1. The molecular weight excluding hydrogens is 272 g/mol. The van der Waals surface area contributed by atoms with E-state index in [0.717, 1.165) is 28.3 Å². The van der Waals surface area contributed by atoms with Crippen LogP contribution in [-0.4, -0.2) is 22.1 Å². The Balaban J connectivity index is 2.39. The fourth-order valence-electron chi connectivity index (χ4n) is 1.97. The van der Waals surface area contributed by atoms with E-state index in [4.69, 9.17) is 22.7 Å². The number of ether oxygens (including phenoxy) is 1. The summed E-state index contributed by atoms with van der Waals surface area (Å²) in [6, 6.07) is 5.57. The molecule has 104 valence electrons. The highest BCUT2D eigenvalue weighted by Crippen LogP contribution is 2.24. The summed E-state index contributed by atoms with van der Waals surface area (Å²) in [6.07, 6.45) is 1.69. The predicted molar refractivity (Wildman–Crippen MR) is 83.7 cm³/mol. The lowest BCUT2D eigenvalue weighted by molar-refractivity contribution is 0.398. The third kappa shape index (κ3) is 3.03. The number of hydrogen-bond acceptors (Lipinski definition) is 5. The normalized spacial score (nSPS) is 10.2. The first kappa shape index (κ1) is 14.2. The molecule has 0 aliphatic carbocycles. The molecular formula is C14H16N4OS. The number of thiocarbonyl (C=S) groups is 1. The van der Waals surface area contributed by atoms with Crippen LogP contribution in [0.5, 0.6) is 5.88 Å². The second kappa shape index (κ2) is 5.83. The first-order valence-electron chi connectivity index (χ1n) is 6.06. The van der Waals surface area contributed by atoms with Crippen LogP contribution >= 0.6 is 12.2 Å². The summed E-state index contributed by atoms with van der Waals surface area (Å²) in [4.78, 5) is 8.85. The number of aryl methyl sites for hydroxylation is 2. The molecule has 0 bridgehead atoms. The van der Waals surface area contributed by atoms with E-state index in [9.17, 15) is 0 Å². The third-order valence-electron chi connectivity index (χ3n) is 2.80. The van der Waals surface area contributed by atoms with Gasteiger partial charge >= 0.3 is 0 Å². The minimum absolute atomic E-state index is 0.318. The molecule has 2 heterocycles. The molecule has 0 fully saturated rings. The molecule has 2 aromatic heterocycles. The molecule has 5 nitrogen and oxygen atoms in total. The molecule has 2 rings (SSSR count). The number of pyridine rings is 2. The van der Waals surface area contributed by atoms with E-state index in [1.54, 1.807) is 19.4 Å². The Morgan fingerprint density at radius 1 is 1.35 bits per heavy atom. The van der Waals surface area contributed by atoms with Crippen molar-refractivity contribution in [1.82, 2.24) is 9.97 Å². The first-order valence-corrected chi connectivity index (χ1v) is 6.47. The largest absolute Gasteiger partial charge is 0.481 e. The lowest BCUT2D eigenvalue weighted by Crippen LogP contribution is -2.15. The molecule has 0 radical (unpaired) electrons. The minimum Gasteiger partial charge on any atom is -0.481 e. The van der Waals surface area contributed by atoms with E-state index in [1.807, 2.05) is 26.0 Å². The van der Waals surface area contributed by atoms with Crippen molar-refractivity contribution in [2.45, 2.75) is 13.8 Å². The van der Waals surface area contributed by atoms with E-state index in [-0.39, 0.29) is 0 Å². The van der Waals surface area contributed by atoms with Gasteiger partial charge in [-0.1, -0.05) is 12.2 Å². The average molecular weight is 288 g/mol. The third-order valence-corrected chi connectivity index (χ3v) is 3.00. The zero-order valence-electron chi connectivity index (χ0n) is 11.6. The first-order chi connectivity index (χ1) is 9.51. The SMILES string of the molecule is COc1ccc(Nc2cc(C)nc(C)c2C(N)=S)cn1. The van der Waals surface area contributed by atoms with Crippen LogP contribution in [0.1, 0.15) is 17.0 Å². The highest BCUT2D eigenvalue weighted by atomic mass is 32.1. The Morgan fingerprint density at radius 3 is 2.65 bits per heavy atom. The van der Waals surface area contributed by atoms with Gasteiger partial charge in [0.05, 0.1) is 30.2 Å². The molecule has 2 aromatic rings. The molecule has 0 atom stereocenters. The summed E-state index contributed by atoms with van der Waals surface area (Å²) in [5.74, 6) is 0.562. The number of rotatable bonds is 4. The molecule has 0 aliphatic heterocycles. The van der Waals surface area contributed by atoms with Crippen molar-refractivity contribution in [3.8, 4) is 5.88 Å². The maximum absolute atomic E-state index is 5.78. The van der Waals surface area contributed by atoms with E-state index in [2.05, 4.69) is 15.3 Å². The number of aromatic nitrogens is 2. The van der Waals surface area contributed by atoms with E-state index < -0.39 is 0 Å². The van der Waals surface area contributed by atoms with Gasteiger partial charge in [0, 0.05) is 17.5 Å². The standard InChI is InChI=1S/C14H16N4OS/c1-8-6-11(13(14(15)20)9(2)17-8)18-10-4-5-12(19-3)16-7-10/h4-7H,1-3H3,(H2,15,20)(H,17,18). The van der Waals surface area contributed by atoms with Crippen LogP contribution in [0.15, 0.2) is 24.4 Å². The Morgan fingerprint density at radius 2 is 2.10 bits per heavy atom. The van der Waals surface area contributed by atoms with Crippen LogP contribution in [0.4, 0.5) is 11.4 Å². The van der Waals surface area contributed by atoms with Crippen LogP contribution < -0.4 is 15.8 Å². The van der Waals surface area contributed by atoms with Crippen LogP contribution in [0.25, 0.3) is 0 Å². The quantitative estimate of drug-likeness (QED) is 0.842. The van der Waals surface area contributed by atoms with Crippen molar-refractivity contribution < 1.29 is 4.74 Å². The van der Waals surface area contributed by atoms with Gasteiger partial charge < -0.3 is 15.8 Å². The summed E-state index contributed by atoms with van der Waals surface area (Å²) < 4.78 is 5.03. The fraction of sp³-hybridized carbons (Fsp3) is 0.214. The molecule has 0 aromatic carbocycles. The summed E-state index contributed by atoms with van der Waals surface area (Å²) in [5.41, 5.74) is 9.89. The maximum atomic E-state index is 5.78. The van der Waals surface area contributed by atoms with Gasteiger partial charge in [0.2, 0.25) is 5.88 Å². The number of anilines is 2. The monoisotopic (exact) mass is 288 g/mol. The van der Waals surface area contributed by atoms with Gasteiger partial charge in [-0.15, -0.1) is 0 Å². The number of hydrogen-bond donors (Lipinski definition) is 2. The van der Waals surface area contributed by atoms with Crippen molar-refractivity contribution in [3.05, 3.63) is 41.3 Å². The van der Waals surface area contributed by atoms with Crippen LogP contribution in [0.3, 0.4) is 0 Å². The minimum atomic E-state index is 0.318. The Kier molecular flexibility index (Phi) is 4.14. The second-order valence-corrected chi connectivity index (χ2v) is 4.79. The predicted octanol–water partition coefficient (Wildman–Crippen LogP) is 2.48. The summed E-state index contributed by atoms with van der Waals surface area (Å²) >= 11 is 5.10. The highest BCUT2D eigenvalue weighted by Gasteiger charge is 2.11. The van der Waals surface area contributed by atoms with E-state index in [1.165, 1.54) is 0 Å². The maximum Gasteiger partial charge on any atom is 0.213 e. The summed E-state index contributed by atoms with van der Waals surface area (Å²) in [7, 11) is 1.58. The van der Waals surface area contributed by atoms with Crippen molar-refractivity contribution >= 4 is 28.6 Å². The Hall–Kier alpha value is -2.21. The van der Waals surface area contributed by atoms with E-state index >= 15 is 0 Å². The van der Waals surface area contributed by atoms with Gasteiger partial charge in [-0.25, -0.2) is 4.98 Å². The highest BCUT2D eigenvalue weighted by molar-refractivity contribution is 7.80. The number of nitrogens with two attached hydrogens (primary N) is 1. The van der Waals surface area contributed by atoms with E-state index in [0.29, 0.717) is 10.9 Å². The molecule has 0 saturated carbocycles. The van der Waals surface area contributed by atoms with Crippen LogP contribution in [0, 0.1) is 13.8 Å². The molecule has 6 heteroatoms. The fourth-order valence-corrected chi connectivity index (χ4v) is 2.23. The average Bonchev–Trinajstić information content (AvgIpc) is 2.38. The summed E-state index contributed by atoms with van der Waals surface area (Å²) in [6.45, 7) is 3.81. The number of nitrogens with one attached hydrogen (secondary N) is 1. The van der Waals surface area contributed by atoms with Crippen molar-refractivity contribution in [2.24, 2.45) is 5.73 Å². The molecule has 0 spiro atoms. The van der Waals surface area contributed by atoms with Gasteiger partial charge in [-0.3, -0.25) is 4.98 Å². The van der Waals surface area contributed by atoms with Gasteiger partial charge in [0.1, 0.15) is 4.99 Å². The molecule has 0 amide bonds. The zero-order chi connectivity index (χ0) is 14.7. The van der Waals surface area contributed by atoms with Gasteiger partial charge in [-0.05, 0) is 26.0 Å². The number of nitrogens with zero attached hydrogens (tertiary/aromatic N) is 2. The summed E-state index contributed by atoms with van der Waals surface area (Å²) in [5, 5.41) is 3.26. The van der Waals surface area contributed by atoms with Crippen LogP contribution in [0.2, 0.25) is 0 Å². The van der Waals surface area contributed by atoms with Crippen molar-refractivity contribution in [2.75, 3.05) is 12.4 Å². The lowest BCUT2D eigenvalue weighted by Gasteiger charge is -2.14. The second-order valence-electron chi connectivity index (χ2n) is 4.35. The Bertz CT molecular complexity index is 640. The van der Waals surface area contributed by atoms with Gasteiger partial charge in [0.25, 0.3) is 0 Å². The topological polar surface area (TPSA) is 73.1 Å². The Labute approximate surface area is 123 Å². The molecule has 20 heavy (non-hydrogen) atoms. The lowest BCUT2D eigenvalue weighted by atomic mass is 10.1. The van der Waals surface area contributed by atoms with Crippen molar-refractivity contribution in [3.63, 3.8) is 0 Å². The van der Waals surface area contributed by atoms with Gasteiger partial charge in [0.15, 0.2) is 0 Å². The smallest absolute Gasteiger partial charge is 0.213 e. The van der Waals surface area contributed by atoms with Crippen molar-refractivity contribution in [1.29, 1.82) is 0 Å². The molecule has 3 N–H and O–H groups in total. The van der Waals surface area contributed by atoms with Crippen LogP contribution in [-0.2, 0) is 0 Å². The molecule has 0 aliphatic rings. The molecule has 0 unspecified atom stereocenters.